The number of rotatable bonds is 5. The number of hydrogen-bond acceptors (Lipinski definition) is 7. The molecule has 39 heavy (non-hydrogen) atoms. The van der Waals surface area contributed by atoms with Gasteiger partial charge in [0.05, 0.1) is 23.6 Å². The van der Waals surface area contributed by atoms with E-state index in [4.69, 9.17) is 9.47 Å². The molecule has 1 aromatic heterocycles. The smallest absolute Gasteiger partial charge is 0.407 e. The van der Waals surface area contributed by atoms with Gasteiger partial charge in [-0.1, -0.05) is 0 Å². The van der Waals surface area contributed by atoms with Crippen molar-refractivity contribution in [1.82, 2.24) is 19.4 Å². The Labute approximate surface area is 226 Å². The number of amides is 1. The maximum atomic E-state index is 14.7. The molecule has 4 aliphatic rings. The van der Waals surface area contributed by atoms with Crippen LogP contribution in [0.4, 0.5) is 13.6 Å². The fourth-order valence-corrected chi connectivity index (χ4v) is 7.74. The summed E-state index contributed by atoms with van der Waals surface area (Å²) in [5.74, 6) is -0.701. The molecule has 3 heterocycles. The topological polar surface area (TPSA) is 103 Å². The Morgan fingerprint density at radius 2 is 1.95 bits per heavy atom. The summed E-state index contributed by atoms with van der Waals surface area (Å²) in [5, 5.41) is 6.96. The number of carbonyl (C=O) groups excluding carboxylic acids is 1. The van der Waals surface area contributed by atoms with E-state index in [-0.39, 0.29) is 29.4 Å². The Morgan fingerprint density at radius 1 is 1.18 bits per heavy atom. The van der Waals surface area contributed by atoms with Crippen molar-refractivity contribution in [1.29, 1.82) is 0 Å². The largest absolute Gasteiger partial charge is 0.444 e. The number of fused-ring (bicyclic) bond motifs is 3. The van der Waals surface area contributed by atoms with Gasteiger partial charge in [0.1, 0.15) is 23.3 Å². The van der Waals surface area contributed by atoms with Gasteiger partial charge >= 0.3 is 6.09 Å². The Morgan fingerprint density at radius 3 is 2.67 bits per heavy atom. The van der Waals surface area contributed by atoms with Gasteiger partial charge in [0.2, 0.25) is 0 Å². The molecule has 2 aliphatic heterocycles. The molecule has 6 rings (SSSR count). The van der Waals surface area contributed by atoms with Crippen molar-refractivity contribution in [2.75, 3.05) is 19.7 Å². The minimum atomic E-state index is -3.41. The molecule has 2 aliphatic carbocycles. The molecule has 0 bridgehead atoms. The first-order valence-corrected chi connectivity index (χ1v) is 15.0. The van der Waals surface area contributed by atoms with Gasteiger partial charge in [-0.2, -0.15) is 9.19 Å². The van der Waals surface area contributed by atoms with E-state index in [0.29, 0.717) is 38.1 Å². The van der Waals surface area contributed by atoms with Crippen LogP contribution in [0.3, 0.4) is 0 Å². The van der Waals surface area contributed by atoms with E-state index in [9.17, 15) is 22.0 Å². The number of benzene rings is 1. The fourth-order valence-electron chi connectivity index (χ4n) is 6.23. The predicted molar refractivity (Wildman–Crippen MR) is 138 cm³/mol. The minimum Gasteiger partial charge on any atom is -0.444 e. The van der Waals surface area contributed by atoms with Crippen LogP contribution in [0.2, 0.25) is 0 Å². The van der Waals surface area contributed by atoms with Gasteiger partial charge in [-0.05, 0) is 76.1 Å². The summed E-state index contributed by atoms with van der Waals surface area (Å²) in [7, 11) is -3.41. The highest BCUT2D eigenvalue weighted by atomic mass is 32.2. The van der Waals surface area contributed by atoms with E-state index in [0.717, 1.165) is 36.0 Å². The summed E-state index contributed by atoms with van der Waals surface area (Å²) in [6.45, 7) is 7.04. The standard InChI is InChI=1S/C27H34F2N4O5S/c1-27(2,3)38-26(34)30-24-10-17(14-37-25(24)19-9-16(28)4-7-22(19)29)32-11-15-8-23-21(20(15)12-32)13-33(31-23)39(35,36)18-5-6-18/h4,7,9,13,15,17-18,20,24-25H,5-6,8,10-12,14H2,1-3H3,(H,30,34)/t15?,17-,20?,24+,25-/m1/s1. The molecule has 1 saturated carbocycles. The van der Waals surface area contributed by atoms with E-state index < -0.39 is 45.5 Å². The zero-order valence-corrected chi connectivity index (χ0v) is 23.1. The number of hydrogen-bond donors (Lipinski definition) is 1. The van der Waals surface area contributed by atoms with Crippen molar-refractivity contribution >= 4 is 16.1 Å². The molecule has 2 aromatic rings. The van der Waals surface area contributed by atoms with Crippen molar-refractivity contribution in [3.05, 3.63) is 52.9 Å². The van der Waals surface area contributed by atoms with Crippen LogP contribution in [-0.4, -0.2) is 71.2 Å². The number of aromatic nitrogens is 2. The van der Waals surface area contributed by atoms with Gasteiger partial charge in [0, 0.05) is 36.8 Å². The molecule has 0 radical (unpaired) electrons. The quantitative estimate of drug-likeness (QED) is 0.593. The molecule has 9 nitrogen and oxygen atoms in total. The first kappa shape index (κ1) is 26.6. The van der Waals surface area contributed by atoms with Crippen LogP contribution in [0.15, 0.2) is 24.4 Å². The third kappa shape index (κ3) is 5.18. The molecule has 1 amide bonds. The molecular weight excluding hydrogens is 530 g/mol. The van der Waals surface area contributed by atoms with Crippen LogP contribution in [0.5, 0.6) is 0 Å². The van der Waals surface area contributed by atoms with Crippen molar-refractivity contribution in [3.63, 3.8) is 0 Å². The lowest BCUT2D eigenvalue weighted by Crippen LogP contribution is -2.52. The second kappa shape index (κ2) is 9.52. The third-order valence-corrected chi connectivity index (χ3v) is 10.2. The number of ether oxygens (including phenoxy) is 2. The zero-order valence-electron chi connectivity index (χ0n) is 22.3. The van der Waals surface area contributed by atoms with Gasteiger partial charge in [0.15, 0.2) is 0 Å². The monoisotopic (exact) mass is 564 g/mol. The second-order valence-corrected chi connectivity index (χ2v) is 14.3. The summed E-state index contributed by atoms with van der Waals surface area (Å²) in [5.41, 5.74) is 1.19. The zero-order chi connectivity index (χ0) is 27.7. The molecule has 2 unspecified atom stereocenters. The van der Waals surface area contributed by atoms with Crippen LogP contribution < -0.4 is 5.32 Å². The summed E-state index contributed by atoms with van der Waals surface area (Å²) in [6.07, 6.45) is 2.73. The summed E-state index contributed by atoms with van der Waals surface area (Å²) < 4.78 is 66.9. The third-order valence-electron chi connectivity index (χ3n) is 8.18. The summed E-state index contributed by atoms with van der Waals surface area (Å²) >= 11 is 0. The summed E-state index contributed by atoms with van der Waals surface area (Å²) in [6, 6.07) is 2.51. The number of nitrogens with one attached hydrogen (secondary N) is 1. The number of halogens is 2. The van der Waals surface area contributed by atoms with Crippen LogP contribution in [-0.2, 0) is 25.9 Å². The molecule has 212 valence electrons. The van der Waals surface area contributed by atoms with Crippen LogP contribution in [0.1, 0.15) is 68.9 Å². The van der Waals surface area contributed by atoms with Gasteiger partial charge in [-0.15, -0.1) is 0 Å². The van der Waals surface area contributed by atoms with Crippen molar-refractivity contribution in [2.45, 2.75) is 81.4 Å². The Hall–Kier alpha value is -2.57. The molecule has 5 atom stereocenters. The molecular formula is C27H34F2N4O5S. The number of alkyl carbamates (subject to hydrolysis) is 1. The van der Waals surface area contributed by atoms with Crippen molar-refractivity contribution < 1.29 is 31.5 Å². The van der Waals surface area contributed by atoms with Gasteiger partial charge < -0.3 is 14.8 Å². The Kier molecular flexibility index (Phi) is 6.50. The number of likely N-dealkylation sites (tertiary alicyclic amines) is 1. The molecule has 3 fully saturated rings. The van der Waals surface area contributed by atoms with Gasteiger partial charge in [-0.3, -0.25) is 4.90 Å². The average Bonchev–Trinajstić information content (AvgIpc) is 3.40. The van der Waals surface area contributed by atoms with E-state index in [2.05, 4.69) is 15.3 Å². The average molecular weight is 565 g/mol. The highest BCUT2D eigenvalue weighted by molar-refractivity contribution is 7.90. The Bertz CT molecular complexity index is 1390. The van der Waals surface area contributed by atoms with Gasteiger partial charge in [-0.25, -0.2) is 22.0 Å². The maximum Gasteiger partial charge on any atom is 0.407 e. The molecule has 2 saturated heterocycles. The highest BCUT2D eigenvalue weighted by Gasteiger charge is 2.47. The minimum absolute atomic E-state index is 0.0572. The Balaban J connectivity index is 1.19. The SMILES string of the molecule is CC(C)(C)OC(=O)N[C@H]1C[C@@H](N2CC3Cc4nn(S(=O)(=O)C5CC5)cc4C3C2)CO[C@@H]1c1cc(F)ccc1F. The summed E-state index contributed by atoms with van der Waals surface area (Å²) in [4.78, 5) is 15.0. The normalized spacial score (nSPS) is 29.2. The highest BCUT2D eigenvalue weighted by Crippen LogP contribution is 2.45. The van der Waals surface area contributed by atoms with E-state index >= 15 is 0 Å². The number of nitrogens with zero attached hydrogens (tertiary/aromatic N) is 3. The van der Waals surface area contributed by atoms with Crippen molar-refractivity contribution in [2.24, 2.45) is 5.92 Å². The fraction of sp³-hybridized carbons (Fsp3) is 0.630. The number of carbonyl (C=O) groups is 1. The van der Waals surface area contributed by atoms with Crippen LogP contribution >= 0.6 is 0 Å². The van der Waals surface area contributed by atoms with Crippen molar-refractivity contribution in [3.8, 4) is 0 Å². The second-order valence-electron chi connectivity index (χ2n) is 12.2. The molecule has 12 heteroatoms. The first-order valence-electron chi connectivity index (χ1n) is 13.5. The van der Waals surface area contributed by atoms with E-state index in [1.807, 2.05) is 0 Å². The maximum absolute atomic E-state index is 14.7. The molecule has 1 N–H and O–H groups in total. The van der Waals surface area contributed by atoms with E-state index in [1.165, 1.54) is 4.09 Å². The lowest BCUT2D eigenvalue weighted by atomic mass is 9.92. The first-order chi connectivity index (χ1) is 18.4. The lowest BCUT2D eigenvalue weighted by molar-refractivity contribution is -0.0580. The predicted octanol–water partition coefficient (Wildman–Crippen LogP) is 3.50. The molecule has 0 spiro atoms. The van der Waals surface area contributed by atoms with Gasteiger partial charge in [0.25, 0.3) is 10.0 Å². The lowest BCUT2D eigenvalue weighted by Gasteiger charge is -2.40. The van der Waals surface area contributed by atoms with E-state index in [1.54, 1.807) is 27.0 Å². The van der Waals surface area contributed by atoms with Crippen LogP contribution in [0.25, 0.3) is 0 Å². The molecule has 1 aromatic carbocycles. The van der Waals surface area contributed by atoms with Crippen LogP contribution in [0, 0.1) is 17.6 Å².